The number of furan rings is 1. The van der Waals surface area contributed by atoms with Gasteiger partial charge >= 0.3 is 0 Å². The second-order valence-electron chi connectivity index (χ2n) is 5.54. The minimum Gasteiger partial charge on any atom is -0.466 e. The number of hydrogen-bond donors (Lipinski definition) is 2. The predicted octanol–water partition coefficient (Wildman–Crippen LogP) is 2.95. The van der Waals surface area contributed by atoms with Crippen molar-refractivity contribution >= 4 is 5.91 Å². The fraction of sp³-hybridized carbons (Fsp3) is 0.312. The Balaban J connectivity index is 2.14. The lowest BCUT2D eigenvalue weighted by molar-refractivity contribution is 0.0514. The molecule has 1 heterocycles. The highest BCUT2D eigenvalue weighted by molar-refractivity contribution is 5.94. The molecule has 23 heavy (non-hydrogen) atoms. The van der Waals surface area contributed by atoms with Crippen LogP contribution in [0, 0.1) is 31.3 Å². The Bertz CT molecular complexity index is 730. The quantitative estimate of drug-likeness (QED) is 0.849. The minimum absolute atomic E-state index is 0.216. The average Bonchev–Trinajstić information content (AvgIpc) is 2.81. The largest absolute Gasteiger partial charge is 0.466 e. The van der Waals surface area contributed by atoms with E-state index >= 15 is 0 Å². The molecule has 0 aliphatic rings. The molecule has 0 unspecified atom stereocenters. The summed E-state index contributed by atoms with van der Waals surface area (Å²) in [7, 11) is 0. The maximum Gasteiger partial charge on any atom is 0.251 e. The van der Waals surface area contributed by atoms with Gasteiger partial charge in [-0.25, -0.2) is 13.2 Å². The number of hydrogen-bond acceptors (Lipinski definition) is 3. The van der Waals surface area contributed by atoms with Gasteiger partial charge in [0.1, 0.15) is 17.1 Å². The van der Waals surface area contributed by atoms with Crippen molar-refractivity contribution in [3.05, 3.63) is 58.3 Å². The highest BCUT2D eigenvalue weighted by Gasteiger charge is 2.28. The SMILES string of the molecule is Cc1cc([C@@](C)(O)CNC(=O)c2cc(F)c(F)c(F)c2)c(C)o1. The van der Waals surface area contributed by atoms with Crippen LogP contribution in [0.1, 0.15) is 34.4 Å². The molecule has 0 aliphatic carbocycles. The maximum atomic E-state index is 13.1. The lowest BCUT2D eigenvalue weighted by Gasteiger charge is -2.23. The molecule has 1 aromatic heterocycles. The predicted molar refractivity (Wildman–Crippen MR) is 76.4 cm³/mol. The molecule has 7 heteroatoms. The second-order valence-corrected chi connectivity index (χ2v) is 5.54. The standard InChI is InChI=1S/C16H16F3NO3/c1-8-4-11(9(2)23-8)16(3,22)7-20-15(21)10-5-12(17)14(19)13(18)6-10/h4-6,22H,7H2,1-3H3,(H,20,21)/t16-/m0/s1. The van der Waals surface area contributed by atoms with Crippen LogP contribution in [-0.2, 0) is 5.60 Å². The number of aliphatic hydroxyl groups is 1. The molecule has 0 saturated carbocycles. The zero-order valence-corrected chi connectivity index (χ0v) is 12.8. The average molecular weight is 327 g/mol. The lowest BCUT2D eigenvalue weighted by Crippen LogP contribution is -2.38. The fourth-order valence-electron chi connectivity index (χ4n) is 2.30. The van der Waals surface area contributed by atoms with Crippen LogP contribution in [-0.4, -0.2) is 17.6 Å². The number of aryl methyl sites for hydroxylation is 2. The van der Waals surface area contributed by atoms with Gasteiger partial charge in [0, 0.05) is 11.1 Å². The number of rotatable bonds is 4. The summed E-state index contributed by atoms with van der Waals surface area (Å²) in [6.45, 7) is 4.64. The van der Waals surface area contributed by atoms with Gasteiger partial charge in [0.25, 0.3) is 5.91 Å². The zero-order valence-electron chi connectivity index (χ0n) is 12.8. The van der Waals surface area contributed by atoms with Gasteiger partial charge < -0.3 is 14.8 Å². The summed E-state index contributed by atoms with van der Waals surface area (Å²) in [6, 6.07) is 2.82. The Labute approximate surface area is 130 Å². The van der Waals surface area contributed by atoms with E-state index < -0.39 is 29.0 Å². The van der Waals surface area contributed by atoms with Crippen LogP contribution < -0.4 is 5.32 Å². The van der Waals surface area contributed by atoms with Crippen LogP contribution in [0.3, 0.4) is 0 Å². The summed E-state index contributed by atoms with van der Waals surface area (Å²) in [6.07, 6.45) is 0. The van der Waals surface area contributed by atoms with Crippen molar-refractivity contribution in [2.45, 2.75) is 26.4 Å². The molecule has 4 nitrogen and oxygen atoms in total. The van der Waals surface area contributed by atoms with Gasteiger partial charge in [-0.1, -0.05) is 0 Å². The first-order valence-electron chi connectivity index (χ1n) is 6.84. The highest BCUT2D eigenvalue weighted by Crippen LogP contribution is 2.26. The van der Waals surface area contributed by atoms with Gasteiger partial charge in [0.15, 0.2) is 17.5 Å². The molecule has 0 fully saturated rings. The molecule has 2 aromatic rings. The monoisotopic (exact) mass is 327 g/mol. The van der Waals surface area contributed by atoms with Gasteiger partial charge in [-0.05, 0) is 39.0 Å². The van der Waals surface area contributed by atoms with Crippen LogP contribution in [0.25, 0.3) is 0 Å². The van der Waals surface area contributed by atoms with Gasteiger partial charge in [0.05, 0.1) is 6.54 Å². The Morgan fingerprint density at radius 1 is 1.22 bits per heavy atom. The van der Waals surface area contributed by atoms with Crippen molar-refractivity contribution in [2.75, 3.05) is 6.54 Å². The topological polar surface area (TPSA) is 62.5 Å². The van der Waals surface area contributed by atoms with E-state index in [2.05, 4.69) is 5.32 Å². The molecule has 124 valence electrons. The number of nitrogens with one attached hydrogen (secondary N) is 1. The van der Waals surface area contributed by atoms with Crippen molar-refractivity contribution in [3.63, 3.8) is 0 Å². The van der Waals surface area contributed by atoms with E-state index in [0.29, 0.717) is 29.2 Å². The third-order valence-electron chi connectivity index (χ3n) is 3.46. The van der Waals surface area contributed by atoms with E-state index in [0.717, 1.165) is 0 Å². The Morgan fingerprint density at radius 3 is 2.26 bits per heavy atom. The van der Waals surface area contributed by atoms with Crippen molar-refractivity contribution in [2.24, 2.45) is 0 Å². The normalized spacial score (nSPS) is 13.7. The summed E-state index contributed by atoms with van der Waals surface area (Å²) >= 11 is 0. The van der Waals surface area contributed by atoms with Crippen LogP contribution in [0.4, 0.5) is 13.2 Å². The molecular weight excluding hydrogens is 311 g/mol. The molecule has 0 radical (unpaired) electrons. The first kappa shape index (κ1) is 17.1. The van der Waals surface area contributed by atoms with E-state index in [-0.39, 0.29) is 12.1 Å². The molecule has 0 aliphatic heterocycles. The highest BCUT2D eigenvalue weighted by atomic mass is 19.2. The molecular formula is C16H16F3NO3. The smallest absolute Gasteiger partial charge is 0.251 e. The second kappa shape index (κ2) is 6.08. The molecule has 0 spiro atoms. The molecule has 0 saturated heterocycles. The maximum absolute atomic E-state index is 13.1. The van der Waals surface area contributed by atoms with E-state index in [4.69, 9.17) is 4.42 Å². The molecule has 1 aromatic carbocycles. The van der Waals surface area contributed by atoms with Crippen molar-refractivity contribution in [1.82, 2.24) is 5.32 Å². The van der Waals surface area contributed by atoms with Gasteiger partial charge in [-0.3, -0.25) is 4.79 Å². The summed E-state index contributed by atoms with van der Waals surface area (Å²) in [5, 5.41) is 12.8. The molecule has 1 amide bonds. The van der Waals surface area contributed by atoms with Crippen LogP contribution in [0.5, 0.6) is 0 Å². The van der Waals surface area contributed by atoms with Crippen molar-refractivity contribution in [3.8, 4) is 0 Å². The van der Waals surface area contributed by atoms with Gasteiger partial charge in [-0.15, -0.1) is 0 Å². The minimum atomic E-state index is -1.64. The third kappa shape index (κ3) is 3.56. The first-order valence-corrected chi connectivity index (χ1v) is 6.84. The van der Waals surface area contributed by atoms with Crippen molar-refractivity contribution in [1.29, 1.82) is 0 Å². The Hall–Kier alpha value is -2.28. The first-order chi connectivity index (χ1) is 10.6. The zero-order chi connectivity index (χ0) is 17.4. The van der Waals surface area contributed by atoms with E-state index in [9.17, 15) is 23.1 Å². The summed E-state index contributed by atoms with van der Waals surface area (Å²) in [5.41, 5.74) is -1.32. The summed E-state index contributed by atoms with van der Waals surface area (Å²) < 4.78 is 44.5. The molecule has 2 N–H and O–H groups in total. The van der Waals surface area contributed by atoms with E-state index in [1.165, 1.54) is 6.92 Å². The van der Waals surface area contributed by atoms with Crippen LogP contribution in [0.15, 0.2) is 22.6 Å². The van der Waals surface area contributed by atoms with Gasteiger partial charge in [0.2, 0.25) is 0 Å². The van der Waals surface area contributed by atoms with E-state index in [1.54, 1.807) is 19.9 Å². The van der Waals surface area contributed by atoms with Crippen molar-refractivity contribution < 1.29 is 27.5 Å². The number of benzene rings is 1. The Kier molecular flexibility index (Phi) is 4.51. The third-order valence-corrected chi connectivity index (χ3v) is 3.46. The lowest BCUT2D eigenvalue weighted by atomic mass is 9.96. The number of carbonyl (C=O) groups excluding carboxylic acids is 1. The number of amides is 1. The number of carbonyl (C=O) groups is 1. The van der Waals surface area contributed by atoms with Crippen LogP contribution >= 0.6 is 0 Å². The Morgan fingerprint density at radius 2 is 1.78 bits per heavy atom. The fourth-order valence-corrected chi connectivity index (χ4v) is 2.30. The van der Waals surface area contributed by atoms with Gasteiger partial charge in [-0.2, -0.15) is 0 Å². The number of halogens is 3. The van der Waals surface area contributed by atoms with E-state index in [1.807, 2.05) is 0 Å². The molecule has 0 bridgehead atoms. The molecule has 1 atom stereocenters. The summed E-state index contributed by atoms with van der Waals surface area (Å²) in [4.78, 5) is 11.9. The summed E-state index contributed by atoms with van der Waals surface area (Å²) in [5.74, 6) is -4.28. The van der Waals surface area contributed by atoms with Crippen LogP contribution in [0.2, 0.25) is 0 Å². The molecule has 2 rings (SSSR count).